The van der Waals surface area contributed by atoms with Gasteiger partial charge in [-0.2, -0.15) is 10.2 Å². The van der Waals surface area contributed by atoms with Crippen LogP contribution in [0.25, 0.3) is 0 Å². The molecule has 2 aromatic rings. The normalized spacial score (nSPS) is 15.1. The van der Waals surface area contributed by atoms with E-state index < -0.39 is 6.04 Å². The molecule has 1 saturated carbocycles. The highest BCUT2D eigenvalue weighted by Crippen LogP contribution is 2.28. The summed E-state index contributed by atoms with van der Waals surface area (Å²) in [5, 5.41) is 14.8. The van der Waals surface area contributed by atoms with Gasteiger partial charge in [-0.05, 0) is 24.0 Å². The van der Waals surface area contributed by atoms with Crippen molar-refractivity contribution in [2.75, 3.05) is 23.8 Å². The van der Waals surface area contributed by atoms with Crippen LogP contribution in [0.1, 0.15) is 44.1 Å². The summed E-state index contributed by atoms with van der Waals surface area (Å²) in [6.07, 6.45) is 8.47. The smallest absolute Gasteiger partial charge is 0.243 e. The third kappa shape index (κ3) is 6.45. The minimum Gasteiger partial charge on any atom is -0.358 e. The third-order valence-corrected chi connectivity index (χ3v) is 5.52. The molecular weight excluding hydrogens is 376 g/mol. The first-order chi connectivity index (χ1) is 14.7. The van der Waals surface area contributed by atoms with Gasteiger partial charge in [0.05, 0.1) is 6.07 Å². The molecule has 7 heteroatoms. The van der Waals surface area contributed by atoms with E-state index in [9.17, 15) is 4.79 Å². The number of carbonyl (C=O) groups excluding carboxylic acids is 1. The van der Waals surface area contributed by atoms with E-state index in [1.807, 2.05) is 36.2 Å². The quantitative estimate of drug-likeness (QED) is 0.619. The molecule has 2 N–H and O–H groups in total. The van der Waals surface area contributed by atoms with Crippen LogP contribution in [0.3, 0.4) is 0 Å². The maximum atomic E-state index is 12.7. The molecule has 1 aromatic carbocycles. The van der Waals surface area contributed by atoms with Gasteiger partial charge in [-0.25, -0.2) is 4.98 Å². The number of anilines is 2. The van der Waals surface area contributed by atoms with Gasteiger partial charge in [-0.15, -0.1) is 0 Å². The zero-order valence-electron chi connectivity index (χ0n) is 17.6. The maximum Gasteiger partial charge on any atom is 0.243 e. The number of hydrogen-bond acceptors (Lipinski definition) is 6. The van der Waals surface area contributed by atoms with E-state index in [4.69, 9.17) is 5.26 Å². The Morgan fingerprint density at radius 2 is 2.00 bits per heavy atom. The van der Waals surface area contributed by atoms with Gasteiger partial charge in [0.25, 0.3) is 0 Å². The van der Waals surface area contributed by atoms with Crippen molar-refractivity contribution in [1.29, 1.82) is 5.26 Å². The number of nitriles is 1. The highest BCUT2D eigenvalue weighted by atomic mass is 16.2. The van der Waals surface area contributed by atoms with E-state index in [1.165, 1.54) is 24.8 Å². The van der Waals surface area contributed by atoms with Gasteiger partial charge in [0.15, 0.2) is 0 Å². The number of rotatable bonds is 9. The van der Waals surface area contributed by atoms with Crippen LogP contribution in [-0.4, -0.2) is 35.5 Å². The second-order valence-electron chi connectivity index (χ2n) is 7.90. The van der Waals surface area contributed by atoms with Crippen LogP contribution < -0.4 is 15.5 Å². The van der Waals surface area contributed by atoms with E-state index in [1.54, 1.807) is 12.3 Å². The molecule has 1 aliphatic rings. The molecule has 0 radical (unpaired) electrons. The molecule has 1 aliphatic carbocycles. The largest absolute Gasteiger partial charge is 0.358 e. The van der Waals surface area contributed by atoms with Gasteiger partial charge in [-0.3, -0.25) is 4.79 Å². The highest BCUT2D eigenvalue weighted by molar-refractivity contribution is 5.84. The average Bonchev–Trinajstić information content (AvgIpc) is 2.78. The van der Waals surface area contributed by atoms with Crippen molar-refractivity contribution in [2.45, 2.75) is 51.1 Å². The minimum atomic E-state index is -0.413. The Morgan fingerprint density at radius 1 is 1.23 bits per heavy atom. The number of benzene rings is 1. The first-order valence-electron chi connectivity index (χ1n) is 10.6. The molecule has 1 fully saturated rings. The summed E-state index contributed by atoms with van der Waals surface area (Å²) in [6.45, 7) is 0.703. The molecule has 3 rings (SSSR count). The van der Waals surface area contributed by atoms with Crippen LogP contribution >= 0.6 is 0 Å². The molecule has 158 valence electrons. The topological polar surface area (TPSA) is 93.9 Å². The van der Waals surface area contributed by atoms with Gasteiger partial charge in [0, 0.05) is 19.8 Å². The van der Waals surface area contributed by atoms with Crippen molar-refractivity contribution < 1.29 is 4.79 Å². The molecule has 30 heavy (non-hydrogen) atoms. The van der Waals surface area contributed by atoms with E-state index in [2.05, 4.69) is 32.7 Å². The SMILES string of the molecule is CN(Cc1ccccc1)c1nccc(N[C@@H](CC2CCCCC2)C(=O)NCC#N)n1. The molecule has 0 spiro atoms. The van der Waals surface area contributed by atoms with E-state index in [0.29, 0.717) is 24.2 Å². The lowest BCUT2D eigenvalue weighted by molar-refractivity contribution is -0.122. The Morgan fingerprint density at radius 3 is 2.73 bits per heavy atom. The Bertz CT molecular complexity index is 844. The van der Waals surface area contributed by atoms with Crippen molar-refractivity contribution >= 4 is 17.7 Å². The summed E-state index contributed by atoms with van der Waals surface area (Å²) < 4.78 is 0. The second-order valence-corrected chi connectivity index (χ2v) is 7.90. The standard InChI is InChI=1S/C23H30N6O/c1-29(17-19-10-6-3-7-11-19)23-26-14-12-21(28-23)27-20(22(30)25-15-13-24)16-18-8-4-2-5-9-18/h3,6-7,10-12,14,18,20H,2,4-5,8-9,15-17H2,1H3,(H,25,30)(H,26,27,28)/t20-/m0/s1. The molecule has 1 atom stereocenters. The number of nitrogens with zero attached hydrogens (tertiary/aromatic N) is 4. The van der Waals surface area contributed by atoms with Crippen LogP contribution in [0.15, 0.2) is 42.6 Å². The summed E-state index contributed by atoms with van der Waals surface area (Å²) in [5.41, 5.74) is 1.17. The molecule has 0 saturated heterocycles. The van der Waals surface area contributed by atoms with E-state index in [-0.39, 0.29) is 12.5 Å². The summed E-state index contributed by atoms with van der Waals surface area (Å²) in [5.74, 6) is 1.58. The Balaban J connectivity index is 1.69. The maximum absolute atomic E-state index is 12.7. The van der Waals surface area contributed by atoms with Gasteiger partial charge >= 0.3 is 0 Å². The summed E-state index contributed by atoms with van der Waals surface area (Å²) in [4.78, 5) is 23.6. The molecule has 1 aromatic heterocycles. The molecule has 0 aliphatic heterocycles. The third-order valence-electron chi connectivity index (χ3n) is 5.52. The fraction of sp³-hybridized carbons (Fsp3) is 0.478. The Kier molecular flexibility index (Phi) is 8.02. The minimum absolute atomic E-state index is 0.0104. The van der Waals surface area contributed by atoms with Crippen molar-refractivity contribution in [1.82, 2.24) is 15.3 Å². The predicted octanol–water partition coefficient (Wildman–Crippen LogP) is 3.50. The number of nitrogens with one attached hydrogen (secondary N) is 2. The Hall–Kier alpha value is -3.14. The molecular formula is C23H30N6O. The number of aromatic nitrogens is 2. The molecule has 0 bridgehead atoms. The first-order valence-corrected chi connectivity index (χ1v) is 10.6. The van der Waals surface area contributed by atoms with Gasteiger partial charge in [0.2, 0.25) is 11.9 Å². The fourth-order valence-corrected chi connectivity index (χ4v) is 3.96. The van der Waals surface area contributed by atoms with Gasteiger partial charge in [-0.1, -0.05) is 62.4 Å². The van der Waals surface area contributed by atoms with E-state index >= 15 is 0 Å². The second kappa shape index (κ2) is 11.1. The van der Waals surface area contributed by atoms with Crippen molar-refractivity contribution in [2.24, 2.45) is 5.92 Å². The predicted molar refractivity (Wildman–Crippen MR) is 118 cm³/mol. The van der Waals surface area contributed by atoms with Crippen molar-refractivity contribution in [3.8, 4) is 6.07 Å². The first kappa shape index (κ1) is 21.6. The zero-order valence-corrected chi connectivity index (χ0v) is 17.6. The van der Waals surface area contributed by atoms with Crippen molar-refractivity contribution in [3.63, 3.8) is 0 Å². The van der Waals surface area contributed by atoms with Crippen LogP contribution in [0.5, 0.6) is 0 Å². The highest BCUT2D eigenvalue weighted by Gasteiger charge is 2.24. The average molecular weight is 407 g/mol. The zero-order chi connectivity index (χ0) is 21.2. The van der Waals surface area contributed by atoms with Crippen LogP contribution in [0.4, 0.5) is 11.8 Å². The monoisotopic (exact) mass is 406 g/mol. The summed E-state index contributed by atoms with van der Waals surface area (Å²) >= 11 is 0. The van der Waals surface area contributed by atoms with Crippen LogP contribution in [-0.2, 0) is 11.3 Å². The van der Waals surface area contributed by atoms with Crippen molar-refractivity contribution in [3.05, 3.63) is 48.2 Å². The van der Waals surface area contributed by atoms with Gasteiger partial charge < -0.3 is 15.5 Å². The van der Waals surface area contributed by atoms with E-state index in [0.717, 1.165) is 19.3 Å². The molecule has 1 heterocycles. The number of hydrogen-bond donors (Lipinski definition) is 2. The Labute approximate surface area is 178 Å². The lowest BCUT2D eigenvalue weighted by atomic mass is 9.84. The van der Waals surface area contributed by atoms with Gasteiger partial charge in [0.1, 0.15) is 18.4 Å². The number of amides is 1. The van der Waals surface area contributed by atoms with Crippen LogP contribution in [0.2, 0.25) is 0 Å². The molecule has 0 unspecified atom stereocenters. The summed E-state index contributed by atoms with van der Waals surface area (Å²) in [6, 6.07) is 13.5. The lowest BCUT2D eigenvalue weighted by Gasteiger charge is -2.27. The molecule has 1 amide bonds. The fourth-order valence-electron chi connectivity index (χ4n) is 3.96. The number of carbonyl (C=O) groups is 1. The van der Waals surface area contributed by atoms with Crippen LogP contribution in [0, 0.1) is 17.2 Å². The molecule has 7 nitrogen and oxygen atoms in total. The summed E-state index contributed by atoms with van der Waals surface area (Å²) in [7, 11) is 1.95. The lowest BCUT2D eigenvalue weighted by Crippen LogP contribution is -2.41.